The van der Waals surface area contributed by atoms with E-state index in [1.54, 1.807) is 44.4 Å². The van der Waals surface area contributed by atoms with Gasteiger partial charge in [0.05, 0.1) is 6.61 Å². The van der Waals surface area contributed by atoms with Crippen LogP contribution >= 0.6 is 0 Å². The normalized spacial score (nSPS) is 10.0. The first kappa shape index (κ1) is 15.7. The number of benzene rings is 1. The molecule has 0 radical (unpaired) electrons. The molecule has 2 aromatic rings. The van der Waals surface area contributed by atoms with Crippen LogP contribution < -0.4 is 4.74 Å². The quantitative estimate of drug-likeness (QED) is 0.766. The van der Waals surface area contributed by atoms with Crippen LogP contribution in [-0.2, 0) is 11.3 Å². The third-order valence-corrected chi connectivity index (χ3v) is 3.04. The van der Waals surface area contributed by atoms with Crippen molar-refractivity contribution in [3.8, 4) is 11.9 Å². The Morgan fingerprint density at radius 2 is 2.05 bits per heavy atom. The fourth-order valence-corrected chi connectivity index (χ4v) is 2.04. The number of rotatable bonds is 6. The number of aromatic nitrogens is 1. The van der Waals surface area contributed by atoms with E-state index in [0.717, 1.165) is 0 Å². The SMILES string of the molecule is COCc1cc(C)nc(OCC(=O)c2ccccc2)c1C#N. The molecule has 1 aromatic carbocycles. The van der Waals surface area contributed by atoms with Crippen LogP contribution in [-0.4, -0.2) is 24.5 Å². The molecule has 22 heavy (non-hydrogen) atoms. The van der Waals surface area contributed by atoms with Gasteiger partial charge in [-0.2, -0.15) is 5.26 Å². The summed E-state index contributed by atoms with van der Waals surface area (Å²) in [6.45, 7) is 1.92. The van der Waals surface area contributed by atoms with Gasteiger partial charge in [-0.05, 0) is 13.0 Å². The highest BCUT2D eigenvalue weighted by molar-refractivity contribution is 5.97. The molecule has 5 nitrogen and oxygen atoms in total. The Kier molecular flexibility index (Phi) is 5.23. The lowest BCUT2D eigenvalue weighted by Crippen LogP contribution is -2.13. The van der Waals surface area contributed by atoms with Gasteiger partial charge < -0.3 is 9.47 Å². The van der Waals surface area contributed by atoms with E-state index >= 15 is 0 Å². The fraction of sp³-hybridized carbons (Fsp3) is 0.235. The number of Topliss-reactive ketones (excluding diaryl/α,β-unsaturated/α-hetero) is 1. The van der Waals surface area contributed by atoms with E-state index < -0.39 is 0 Å². The highest BCUT2D eigenvalue weighted by atomic mass is 16.5. The molecule has 2 rings (SSSR count). The van der Waals surface area contributed by atoms with E-state index in [4.69, 9.17) is 9.47 Å². The Morgan fingerprint density at radius 3 is 2.68 bits per heavy atom. The summed E-state index contributed by atoms with van der Waals surface area (Å²) in [5.41, 5.74) is 2.26. The maximum Gasteiger partial charge on any atom is 0.232 e. The van der Waals surface area contributed by atoms with Crippen LogP contribution in [0.1, 0.15) is 27.2 Å². The summed E-state index contributed by atoms with van der Waals surface area (Å²) in [4.78, 5) is 16.3. The molecule has 0 spiro atoms. The minimum Gasteiger partial charge on any atom is -0.468 e. The average molecular weight is 296 g/mol. The van der Waals surface area contributed by atoms with Crippen LogP contribution in [0.4, 0.5) is 0 Å². The number of hydrogen-bond donors (Lipinski definition) is 0. The molecule has 0 atom stereocenters. The molecular weight excluding hydrogens is 280 g/mol. The molecule has 0 saturated heterocycles. The largest absolute Gasteiger partial charge is 0.468 e. The second kappa shape index (κ2) is 7.34. The third-order valence-electron chi connectivity index (χ3n) is 3.04. The van der Waals surface area contributed by atoms with Gasteiger partial charge in [-0.25, -0.2) is 4.98 Å². The highest BCUT2D eigenvalue weighted by Crippen LogP contribution is 2.21. The molecular formula is C17H16N2O3. The molecule has 112 valence electrons. The van der Waals surface area contributed by atoms with Crippen LogP contribution in [0.2, 0.25) is 0 Å². The maximum absolute atomic E-state index is 12.1. The van der Waals surface area contributed by atoms with Crippen molar-refractivity contribution < 1.29 is 14.3 Å². The lowest BCUT2D eigenvalue weighted by molar-refractivity contribution is 0.0917. The summed E-state index contributed by atoms with van der Waals surface area (Å²) < 4.78 is 10.5. The molecule has 0 fully saturated rings. The Hall–Kier alpha value is -2.71. The molecule has 5 heteroatoms. The molecule has 0 aliphatic carbocycles. The Morgan fingerprint density at radius 1 is 1.32 bits per heavy atom. The molecule has 0 amide bonds. The van der Waals surface area contributed by atoms with Crippen LogP contribution in [0.5, 0.6) is 5.88 Å². The van der Waals surface area contributed by atoms with E-state index in [1.165, 1.54) is 0 Å². The summed E-state index contributed by atoms with van der Waals surface area (Å²) >= 11 is 0. The molecule has 1 heterocycles. The first-order valence-electron chi connectivity index (χ1n) is 6.76. The smallest absolute Gasteiger partial charge is 0.232 e. The monoisotopic (exact) mass is 296 g/mol. The lowest BCUT2D eigenvalue weighted by Gasteiger charge is -2.11. The highest BCUT2D eigenvalue weighted by Gasteiger charge is 2.14. The summed E-state index contributed by atoms with van der Waals surface area (Å²) in [5, 5.41) is 9.29. The second-order valence-electron chi connectivity index (χ2n) is 4.73. The van der Waals surface area contributed by atoms with Crippen molar-refractivity contribution in [3.63, 3.8) is 0 Å². The Labute approximate surface area is 129 Å². The summed E-state index contributed by atoms with van der Waals surface area (Å²) in [7, 11) is 1.55. The number of methoxy groups -OCH3 is 1. The first-order valence-corrected chi connectivity index (χ1v) is 6.76. The number of carbonyl (C=O) groups excluding carboxylic acids is 1. The van der Waals surface area contributed by atoms with Crippen molar-refractivity contribution in [1.82, 2.24) is 4.98 Å². The Bertz CT molecular complexity index is 706. The summed E-state index contributed by atoms with van der Waals surface area (Å²) in [5.74, 6) is -0.0000754. The van der Waals surface area contributed by atoms with Gasteiger partial charge >= 0.3 is 0 Å². The van der Waals surface area contributed by atoms with Gasteiger partial charge in [-0.1, -0.05) is 30.3 Å². The van der Waals surface area contributed by atoms with Crippen LogP contribution in [0, 0.1) is 18.3 Å². The van der Waals surface area contributed by atoms with E-state index in [2.05, 4.69) is 11.1 Å². The van der Waals surface area contributed by atoms with E-state index in [0.29, 0.717) is 22.4 Å². The Balaban J connectivity index is 2.19. The van der Waals surface area contributed by atoms with Crippen LogP contribution in [0.25, 0.3) is 0 Å². The molecule has 0 unspecified atom stereocenters. The van der Waals surface area contributed by atoms with Crippen LogP contribution in [0.15, 0.2) is 36.4 Å². The molecule has 1 aromatic heterocycles. The standard InChI is InChI=1S/C17H16N2O3/c1-12-8-14(10-21-2)15(9-18)17(19-12)22-11-16(20)13-6-4-3-5-7-13/h3-8H,10-11H2,1-2H3. The van der Waals surface area contributed by atoms with Gasteiger partial charge in [0.25, 0.3) is 0 Å². The molecule has 0 aliphatic heterocycles. The number of nitrogens with zero attached hydrogens (tertiary/aromatic N) is 2. The minimum absolute atomic E-state index is 0.165. The van der Waals surface area contributed by atoms with Crippen molar-refractivity contribution >= 4 is 5.78 Å². The predicted octanol–water partition coefficient (Wildman–Crippen LogP) is 2.67. The van der Waals surface area contributed by atoms with Crippen LogP contribution in [0.3, 0.4) is 0 Å². The number of ketones is 1. The zero-order valence-electron chi connectivity index (χ0n) is 12.5. The zero-order valence-corrected chi connectivity index (χ0v) is 12.5. The second-order valence-corrected chi connectivity index (χ2v) is 4.73. The molecule has 0 aliphatic rings. The van der Waals surface area contributed by atoms with E-state index in [1.807, 2.05) is 6.07 Å². The number of nitriles is 1. The minimum atomic E-state index is -0.166. The van der Waals surface area contributed by atoms with Gasteiger partial charge in [-0.15, -0.1) is 0 Å². The summed E-state index contributed by atoms with van der Waals surface area (Å²) in [6.07, 6.45) is 0. The maximum atomic E-state index is 12.1. The van der Waals surface area contributed by atoms with Gasteiger partial charge in [-0.3, -0.25) is 4.79 Å². The number of carbonyl (C=O) groups is 1. The van der Waals surface area contributed by atoms with Crippen molar-refractivity contribution in [2.45, 2.75) is 13.5 Å². The lowest BCUT2D eigenvalue weighted by atomic mass is 10.1. The molecule has 0 saturated carbocycles. The van der Waals surface area contributed by atoms with E-state index in [9.17, 15) is 10.1 Å². The topological polar surface area (TPSA) is 72.2 Å². The molecule has 0 bridgehead atoms. The number of ether oxygens (including phenoxy) is 2. The van der Waals surface area contributed by atoms with Crippen molar-refractivity contribution in [1.29, 1.82) is 5.26 Å². The van der Waals surface area contributed by atoms with E-state index in [-0.39, 0.29) is 24.9 Å². The van der Waals surface area contributed by atoms with Gasteiger partial charge in [0.15, 0.2) is 12.4 Å². The first-order chi connectivity index (χ1) is 10.7. The zero-order chi connectivity index (χ0) is 15.9. The third kappa shape index (κ3) is 3.68. The van der Waals surface area contributed by atoms with Gasteiger partial charge in [0.2, 0.25) is 5.88 Å². The van der Waals surface area contributed by atoms with Gasteiger partial charge in [0.1, 0.15) is 11.6 Å². The van der Waals surface area contributed by atoms with Crippen molar-refractivity contribution in [2.75, 3.05) is 13.7 Å². The fourth-order valence-electron chi connectivity index (χ4n) is 2.04. The number of aryl methyl sites for hydroxylation is 1. The van der Waals surface area contributed by atoms with Crippen molar-refractivity contribution in [3.05, 3.63) is 58.8 Å². The summed E-state index contributed by atoms with van der Waals surface area (Å²) in [6, 6.07) is 12.7. The predicted molar refractivity (Wildman–Crippen MR) is 80.7 cm³/mol. The van der Waals surface area contributed by atoms with Gasteiger partial charge in [0, 0.05) is 23.9 Å². The van der Waals surface area contributed by atoms with Crippen molar-refractivity contribution in [2.24, 2.45) is 0 Å². The number of hydrogen-bond acceptors (Lipinski definition) is 5. The molecule has 0 N–H and O–H groups in total. The number of pyridine rings is 1. The average Bonchev–Trinajstić information content (AvgIpc) is 2.53.